The number of hydrogen-bond donors (Lipinski definition) is 2. The van der Waals surface area contributed by atoms with Crippen LogP contribution in [0.5, 0.6) is 5.75 Å². The highest BCUT2D eigenvalue weighted by Crippen LogP contribution is 2.33. The third-order valence-electron chi connectivity index (χ3n) is 4.28. The molecule has 0 atom stereocenters. The van der Waals surface area contributed by atoms with Crippen LogP contribution in [-0.4, -0.2) is 22.1 Å². The summed E-state index contributed by atoms with van der Waals surface area (Å²) in [6.45, 7) is 0. The fourth-order valence-electron chi connectivity index (χ4n) is 2.88. The van der Waals surface area contributed by atoms with Crippen molar-refractivity contribution >= 4 is 22.5 Å². The minimum absolute atomic E-state index is 0.294. The van der Waals surface area contributed by atoms with Crippen molar-refractivity contribution in [1.29, 1.82) is 0 Å². The molecule has 0 saturated carbocycles. The predicted octanol–water partition coefficient (Wildman–Crippen LogP) is 5.40. The highest BCUT2D eigenvalue weighted by atomic mass is 19.4. The number of H-pyrrole nitrogens is 1. The minimum Gasteiger partial charge on any atom is -0.497 e. The molecule has 4 aromatic rings. The average Bonchev–Trinajstić information content (AvgIpc) is 3.13. The topological polar surface area (TPSA) is 62.8 Å². The number of aromatic nitrogens is 3. The van der Waals surface area contributed by atoms with Gasteiger partial charge in [-0.15, -0.1) is 0 Å². The molecule has 0 bridgehead atoms. The van der Waals surface area contributed by atoms with Gasteiger partial charge in [0, 0.05) is 11.4 Å². The second-order valence-corrected chi connectivity index (χ2v) is 6.10. The molecule has 0 aliphatic carbocycles. The largest absolute Gasteiger partial charge is 0.497 e. The lowest BCUT2D eigenvalue weighted by Gasteiger charge is -2.10. The molecule has 2 heterocycles. The Morgan fingerprint density at radius 2 is 1.79 bits per heavy atom. The van der Waals surface area contributed by atoms with Gasteiger partial charge in [0.15, 0.2) is 0 Å². The number of nitrogens with one attached hydrogen (secondary N) is 2. The Bertz CT molecular complexity index is 1120. The zero-order valence-electron chi connectivity index (χ0n) is 14.7. The van der Waals surface area contributed by atoms with E-state index in [0.29, 0.717) is 22.5 Å². The van der Waals surface area contributed by atoms with Crippen LogP contribution in [0.15, 0.2) is 60.9 Å². The van der Waals surface area contributed by atoms with Gasteiger partial charge in [0.2, 0.25) is 0 Å². The molecule has 142 valence electrons. The number of nitrogens with zero attached hydrogens (tertiary/aromatic N) is 2. The fourth-order valence-corrected chi connectivity index (χ4v) is 2.88. The number of alkyl halides is 3. The van der Waals surface area contributed by atoms with Crippen LogP contribution < -0.4 is 10.1 Å². The van der Waals surface area contributed by atoms with E-state index in [2.05, 4.69) is 20.3 Å². The summed E-state index contributed by atoms with van der Waals surface area (Å²) in [5.41, 5.74) is 1.88. The van der Waals surface area contributed by atoms with Crippen LogP contribution in [0.3, 0.4) is 0 Å². The van der Waals surface area contributed by atoms with Crippen molar-refractivity contribution in [3.8, 4) is 17.0 Å². The first-order valence-corrected chi connectivity index (χ1v) is 8.36. The second-order valence-electron chi connectivity index (χ2n) is 6.10. The van der Waals surface area contributed by atoms with Crippen LogP contribution in [0.1, 0.15) is 5.56 Å². The lowest BCUT2D eigenvalue weighted by molar-refractivity contribution is -0.137. The van der Waals surface area contributed by atoms with E-state index in [1.807, 2.05) is 30.3 Å². The van der Waals surface area contributed by atoms with Gasteiger partial charge in [-0.3, -0.25) is 0 Å². The van der Waals surface area contributed by atoms with Gasteiger partial charge in [-0.05, 0) is 54.1 Å². The van der Waals surface area contributed by atoms with Crippen LogP contribution in [-0.2, 0) is 6.18 Å². The first-order chi connectivity index (χ1) is 13.4. The van der Waals surface area contributed by atoms with E-state index in [1.54, 1.807) is 13.2 Å². The molecular weight excluding hydrogens is 369 g/mol. The molecule has 28 heavy (non-hydrogen) atoms. The standard InChI is InChI=1S/C20H15F3N4O/c1-28-15-7-5-12(6-8-15)17-10-16-18(24-11-25-19(16)27-17)26-14-4-2-3-13(9-14)20(21,22)23/h2-11H,1H3,(H2,24,25,26,27). The molecule has 2 aromatic carbocycles. The van der Waals surface area contributed by atoms with Crippen molar-refractivity contribution in [3.05, 3.63) is 66.5 Å². The van der Waals surface area contributed by atoms with Crippen LogP contribution >= 0.6 is 0 Å². The van der Waals surface area contributed by atoms with Gasteiger partial charge >= 0.3 is 6.18 Å². The van der Waals surface area contributed by atoms with Crippen LogP contribution in [0, 0.1) is 0 Å². The van der Waals surface area contributed by atoms with Gasteiger partial charge in [-0.2, -0.15) is 13.2 Å². The van der Waals surface area contributed by atoms with Crippen molar-refractivity contribution in [2.45, 2.75) is 6.18 Å². The van der Waals surface area contributed by atoms with Gasteiger partial charge in [-0.25, -0.2) is 9.97 Å². The van der Waals surface area contributed by atoms with Gasteiger partial charge < -0.3 is 15.0 Å². The van der Waals surface area contributed by atoms with Crippen LogP contribution in [0.2, 0.25) is 0 Å². The number of methoxy groups -OCH3 is 1. The zero-order valence-corrected chi connectivity index (χ0v) is 14.7. The molecule has 0 aliphatic heterocycles. The van der Waals surface area contributed by atoms with E-state index in [0.717, 1.165) is 29.1 Å². The lowest BCUT2D eigenvalue weighted by Crippen LogP contribution is -2.05. The van der Waals surface area contributed by atoms with Crippen molar-refractivity contribution in [1.82, 2.24) is 15.0 Å². The molecule has 0 unspecified atom stereocenters. The summed E-state index contributed by atoms with van der Waals surface area (Å²) in [6.07, 6.45) is -3.05. The third kappa shape index (κ3) is 3.48. The maximum Gasteiger partial charge on any atom is 0.416 e. The predicted molar refractivity (Wildman–Crippen MR) is 101 cm³/mol. The molecular formula is C20H15F3N4O. The fraction of sp³-hybridized carbons (Fsp3) is 0.100. The number of aromatic amines is 1. The Kier molecular flexibility index (Phi) is 4.38. The Morgan fingerprint density at radius 1 is 1.00 bits per heavy atom. The van der Waals surface area contributed by atoms with Crippen LogP contribution in [0.4, 0.5) is 24.7 Å². The van der Waals surface area contributed by atoms with Gasteiger partial charge in [0.1, 0.15) is 23.5 Å². The van der Waals surface area contributed by atoms with Crippen molar-refractivity contribution < 1.29 is 17.9 Å². The maximum atomic E-state index is 12.9. The molecule has 0 fully saturated rings. The summed E-state index contributed by atoms with van der Waals surface area (Å²) in [7, 11) is 1.60. The SMILES string of the molecule is COc1ccc(-c2cc3c(Nc4cccc(C(F)(F)F)c4)ncnc3[nH]2)cc1. The van der Waals surface area contributed by atoms with Gasteiger partial charge in [0.25, 0.3) is 0 Å². The summed E-state index contributed by atoms with van der Waals surface area (Å²) < 4.78 is 44.0. The highest BCUT2D eigenvalue weighted by Gasteiger charge is 2.30. The number of rotatable bonds is 4. The molecule has 0 spiro atoms. The first-order valence-electron chi connectivity index (χ1n) is 8.36. The number of benzene rings is 2. The average molecular weight is 384 g/mol. The molecule has 4 rings (SSSR count). The van der Waals surface area contributed by atoms with Gasteiger partial charge in [-0.1, -0.05) is 6.07 Å². The summed E-state index contributed by atoms with van der Waals surface area (Å²) >= 11 is 0. The Morgan fingerprint density at radius 3 is 2.50 bits per heavy atom. The lowest BCUT2D eigenvalue weighted by atomic mass is 10.1. The molecule has 0 radical (unpaired) electrons. The van der Waals surface area contributed by atoms with E-state index in [1.165, 1.54) is 12.4 Å². The van der Waals surface area contributed by atoms with Crippen molar-refractivity contribution in [3.63, 3.8) is 0 Å². The van der Waals surface area contributed by atoms with E-state index >= 15 is 0 Å². The summed E-state index contributed by atoms with van der Waals surface area (Å²) in [5.74, 6) is 1.16. The first kappa shape index (κ1) is 17.8. The number of fused-ring (bicyclic) bond motifs is 1. The monoisotopic (exact) mass is 384 g/mol. The smallest absolute Gasteiger partial charge is 0.416 e. The second kappa shape index (κ2) is 6.88. The maximum absolute atomic E-state index is 12.9. The molecule has 5 nitrogen and oxygen atoms in total. The molecule has 0 saturated heterocycles. The van der Waals surface area contributed by atoms with Crippen molar-refractivity contribution in [2.24, 2.45) is 0 Å². The quantitative estimate of drug-likeness (QED) is 0.495. The molecule has 0 amide bonds. The number of ether oxygens (including phenoxy) is 1. The number of anilines is 2. The zero-order chi connectivity index (χ0) is 19.7. The van der Waals surface area contributed by atoms with E-state index in [9.17, 15) is 13.2 Å². The summed E-state index contributed by atoms with van der Waals surface area (Å²) in [5, 5.41) is 3.62. The molecule has 8 heteroatoms. The molecule has 0 aliphatic rings. The number of hydrogen-bond acceptors (Lipinski definition) is 4. The Balaban J connectivity index is 1.69. The minimum atomic E-state index is -4.41. The molecule has 2 aromatic heterocycles. The third-order valence-corrected chi connectivity index (χ3v) is 4.28. The highest BCUT2D eigenvalue weighted by molar-refractivity contribution is 5.92. The Labute approximate surface area is 158 Å². The normalized spacial score (nSPS) is 11.6. The summed E-state index contributed by atoms with van der Waals surface area (Å²) in [4.78, 5) is 11.6. The Hall–Kier alpha value is -3.55. The van der Waals surface area contributed by atoms with E-state index in [-0.39, 0.29) is 0 Å². The van der Waals surface area contributed by atoms with Gasteiger partial charge in [0.05, 0.1) is 18.1 Å². The van der Waals surface area contributed by atoms with E-state index < -0.39 is 11.7 Å². The van der Waals surface area contributed by atoms with Crippen molar-refractivity contribution in [2.75, 3.05) is 12.4 Å². The number of halogens is 3. The summed E-state index contributed by atoms with van der Waals surface area (Å²) in [6, 6.07) is 14.3. The van der Waals surface area contributed by atoms with E-state index in [4.69, 9.17) is 4.74 Å². The van der Waals surface area contributed by atoms with Crippen LogP contribution in [0.25, 0.3) is 22.3 Å². The molecule has 2 N–H and O–H groups in total.